The Balaban J connectivity index is 1.67. The Morgan fingerprint density at radius 3 is 2.60 bits per heavy atom. The molecule has 104 valence electrons. The molecule has 0 amide bonds. The van der Waals surface area contributed by atoms with Crippen LogP contribution in [0.3, 0.4) is 0 Å². The van der Waals surface area contributed by atoms with Crippen LogP contribution < -0.4 is 0 Å². The summed E-state index contributed by atoms with van der Waals surface area (Å²) in [5.41, 5.74) is 2.24. The molecule has 0 aliphatic heterocycles. The van der Waals surface area contributed by atoms with Gasteiger partial charge in [0.05, 0.1) is 17.9 Å². The van der Waals surface area contributed by atoms with Gasteiger partial charge >= 0.3 is 5.97 Å². The fraction of sp³-hybridized carbons (Fsp3) is 0.250. The normalized spacial score (nSPS) is 10.4. The van der Waals surface area contributed by atoms with Gasteiger partial charge in [-0.3, -0.25) is 4.98 Å². The van der Waals surface area contributed by atoms with E-state index in [0.717, 1.165) is 18.5 Å². The van der Waals surface area contributed by atoms with Crippen molar-refractivity contribution >= 4 is 5.97 Å². The molecule has 0 aliphatic carbocycles. The molecule has 1 aromatic heterocycles. The number of hydrogen-bond donors (Lipinski definition) is 1. The molecular formula is C16H17NO3. The van der Waals surface area contributed by atoms with Crippen LogP contribution in [0.15, 0.2) is 48.7 Å². The summed E-state index contributed by atoms with van der Waals surface area (Å²) in [6, 6.07) is 13.5. The first-order valence-electron chi connectivity index (χ1n) is 6.55. The summed E-state index contributed by atoms with van der Waals surface area (Å²) in [7, 11) is 0. The van der Waals surface area contributed by atoms with Crippen LogP contribution in [0.2, 0.25) is 0 Å². The topological polar surface area (TPSA) is 59.4 Å². The molecule has 1 heterocycles. The molecule has 1 aromatic carbocycles. The maximum Gasteiger partial charge on any atom is 0.337 e. The van der Waals surface area contributed by atoms with Gasteiger partial charge in [0.2, 0.25) is 0 Å². The summed E-state index contributed by atoms with van der Waals surface area (Å²) < 4.78 is 5.53. The number of pyridine rings is 1. The number of aryl methyl sites for hydroxylation is 1. The first-order chi connectivity index (χ1) is 9.75. The third kappa shape index (κ3) is 4.48. The molecule has 0 spiro atoms. The van der Waals surface area contributed by atoms with Crippen molar-refractivity contribution in [2.24, 2.45) is 0 Å². The average molecular weight is 271 g/mol. The third-order valence-electron chi connectivity index (χ3n) is 2.92. The van der Waals surface area contributed by atoms with Crippen LogP contribution in [0.1, 0.15) is 28.0 Å². The molecule has 1 N–H and O–H groups in total. The van der Waals surface area contributed by atoms with Gasteiger partial charge in [-0.15, -0.1) is 0 Å². The zero-order valence-corrected chi connectivity index (χ0v) is 11.2. The number of carbonyl (C=O) groups is 1. The highest BCUT2D eigenvalue weighted by Crippen LogP contribution is 2.05. The zero-order chi connectivity index (χ0) is 14.2. The second kappa shape index (κ2) is 7.40. The number of ether oxygens (including phenoxy) is 1. The highest BCUT2D eigenvalue weighted by Gasteiger charge is 2.02. The molecule has 0 saturated heterocycles. The second-order valence-electron chi connectivity index (χ2n) is 4.49. The molecule has 0 aliphatic rings. The van der Waals surface area contributed by atoms with Gasteiger partial charge in [0.1, 0.15) is 0 Å². The fourth-order valence-electron chi connectivity index (χ4n) is 1.84. The van der Waals surface area contributed by atoms with E-state index in [4.69, 9.17) is 9.84 Å². The van der Waals surface area contributed by atoms with Crippen molar-refractivity contribution in [3.05, 3.63) is 65.5 Å². The number of aromatic carboxylic acids is 1. The first kappa shape index (κ1) is 14.2. The van der Waals surface area contributed by atoms with Crippen molar-refractivity contribution in [2.75, 3.05) is 6.61 Å². The van der Waals surface area contributed by atoms with E-state index < -0.39 is 5.97 Å². The van der Waals surface area contributed by atoms with Crippen molar-refractivity contribution in [3.8, 4) is 0 Å². The predicted octanol–water partition coefficient (Wildman–Crippen LogP) is 2.93. The summed E-state index contributed by atoms with van der Waals surface area (Å²) in [4.78, 5) is 14.7. The van der Waals surface area contributed by atoms with E-state index in [9.17, 15) is 4.79 Å². The van der Waals surface area contributed by atoms with Crippen LogP contribution in [-0.2, 0) is 17.8 Å². The van der Waals surface area contributed by atoms with Crippen LogP contribution in [0.5, 0.6) is 0 Å². The van der Waals surface area contributed by atoms with E-state index in [1.807, 2.05) is 18.2 Å². The molecule has 0 unspecified atom stereocenters. The van der Waals surface area contributed by atoms with E-state index in [0.29, 0.717) is 13.2 Å². The van der Waals surface area contributed by atoms with E-state index in [1.54, 1.807) is 6.07 Å². The van der Waals surface area contributed by atoms with E-state index in [-0.39, 0.29) is 5.56 Å². The van der Waals surface area contributed by atoms with Crippen molar-refractivity contribution in [2.45, 2.75) is 19.4 Å². The lowest BCUT2D eigenvalue weighted by molar-refractivity contribution is 0.0696. The summed E-state index contributed by atoms with van der Waals surface area (Å²) >= 11 is 0. The lowest BCUT2D eigenvalue weighted by Gasteiger charge is -2.04. The highest BCUT2D eigenvalue weighted by molar-refractivity contribution is 5.87. The second-order valence-corrected chi connectivity index (χ2v) is 4.49. The summed E-state index contributed by atoms with van der Waals surface area (Å²) in [6.45, 7) is 1.08. The number of carboxylic acid groups (broad SMARTS) is 1. The van der Waals surface area contributed by atoms with Crippen molar-refractivity contribution in [1.82, 2.24) is 4.98 Å². The highest BCUT2D eigenvalue weighted by atomic mass is 16.5. The number of rotatable bonds is 7. The van der Waals surface area contributed by atoms with Crippen LogP contribution in [0.25, 0.3) is 0 Å². The Morgan fingerprint density at radius 2 is 1.95 bits per heavy atom. The molecular weight excluding hydrogens is 254 g/mol. The molecule has 0 fully saturated rings. The number of aromatic nitrogens is 1. The van der Waals surface area contributed by atoms with Gasteiger partial charge in [-0.25, -0.2) is 4.79 Å². The lowest BCUT2D eigenvalue weighted by atomic mass is 10.1. The van der Waals surface area contributed by atoms with E-state index in [1.165, 1.54) is 17.8 Å². The zero-order valence-electron chi connectivity index (χ0n) is 11.2. The smallest absolute Gasteiger partial charge is 0.337 e. The van der Waals surface area contributed by atoms with Crippen molar-refractivity contribution < 1.29 is 14.6 Å². The van der Waals surface area contributed by atoms with Crippen LogP contribution in [0, 0.1) is 0 Å². The monoisotopic (exact) mass is 271 g/mol. The third-order valence-corrected chi connectivity index (χ3v) is 2.92. The maximum atomic E-state index is 10.7. The molecule has 0 saturated carbocycles. The number of hydrogen-bond acceptors (Lipinski definition) is 3. The minimum absolute atomic E-state index is 0.192. The van der Waals surface area contributed by atoms with Gasteiger partial charge in [0.25, 0.3) is 0 Å². The Morgan fingerprint density at radius 1 is 1.15 bits per heavy atom. The standard InChI is InChI=1S/C16H17NO3/c18-16(19)14-8-9-15(17-11-14)12-20-10-4-7-13-5-2-1-3-6-13/h1-3,5-6,8-9,11H,4,7,10,12H2,(H,18,19). The van der Waals surface area contributed by atoms with E-state index >= 15 is 0 Å². The van der Waals surface area contributed by atoms with Gasteiger partial charge in [-0.05, 0) is 30.5 Å². The van der Waals surface area contributed by atoms with Gasteiger partial charge in [0.15, 0.2) is 0 Å². The van der Waals surface area contributed by atoms with Crippen LogP contribution >= 0.6 is 0 Å². The number of carboxylic acids is 1. The average Bonchev–Trinajstić information content (AvgIpc) is 2.48. The minimum atomic E-state index is -0.965. The molecule has 0 radical (unpaired) electrons. The predicted molar refractivity (Wildman–Crippen MR) is 75.6 cm³/mol. The lowest BCUT2D eigenvalue weighted by Crippen LogP contribution is -2.01. The minimum Gasteiger partial charge on any atom is -0.478 e. The van der Waals surface area contributed by atoms with Crippen LogP contribution in [-0.4, -0.2) is 22.7 Å². The molecule has 2 aromatic rings. The fourth-order valence-corrected chi connectivity index (χ4v) is 1.84. The summed E-state index contributed by atoms with van der Waals surface area (Å²) in [5.74, 6) is -0.965. The van der Waals surface area contributed by atoms with Gasteiger partial charge in [-0.1, -0.05) is 30.3 Å². The number of nitrogens with zero attached hydrogens (tertiary/aromatic N) is 1. The first-order valence-corrected chi connectivity index (χ1v) is 6.55. The quantitative estimate of drug-likeness (QED) is 0.787. The maximum absolute atomic E-state index is 10.7. The Bertz CT molecular complexity index is 537. The Hall–Kier alpha value is -2.20. The Kier molecular flexibility index (Phi) is 5.26. The van der Waals surface area contributed by atoms with E-state index in [2.05, 4.69) is 17.1 Å². The molecule has 0 bridgehead atoms. The van der Waals surface area contributed by atoms with Crippen molar-refractivity contribution in [3.63, 3.8) is 0 Å². The largest absolute Gasteiger partial charge is 0.478 e. The molecule has 0 atom stereocenters. The van der Waals surface area contributed by atoms with Gasteiger partial charge in [0, 0.05) is 12.8 Å². The van der Waals surface area contributed by atoms with Crippen LogP contribution in [0.4, 0.5) is 0 Å². The Labute approximate surface area is 118 Å². The molecule has 4 nitrogen and oxygen atoms in total. The summed E-state index contributed by atoms with van der Waals surface area (Å²) in [6.07, 6.45) is 3.30. The SMILES string of the molecule is O=C(O)c1ccc(COCCCc2ccccc2)nc1. The molecule has 20 heavy (non-hydrogen) atoms. The molecule has 2 rings (SSSR count). The number of benzene rings is 1. The summed E-state index contributed by atoms with van der Waals surface area (Å²) in [5, 5.41) is 8.76. The van der Waals surface area contributed by atoms with Gasteiger partial charge in [-0.2, -0.15) is 0 Å². The van der Waals surface area contributed by atoms with Crippen molar-refractivity contribution in [1.29, 1.82) is 0 Å². The molecule has 4 heteroatoms. The van der Waals surface area contributed by atoms with Gasteiger partial charge < -0.3 is 9.84 Å².